The van der Waals surface area contributed by atoms with Crippen molar-refractivity contribution in [2.24, 2.45) is 0 Å². The zero-order valence-electron chi connectivity index (χ0n) is 5.18. The van der Waals surface area contributed by atoms with E-state index in [1.165, 1.54) is 11.5 Å². The van der Waals surface area contributed by atoms with E-state index in [-0.39, 0.29) is 0 Å². The van der Waals surface area contributed by atoms with E-state index in [4.69, 9.17) is 0 Å². The first-order valence-corrected chi connectivity index (χ1v) is 2.64. The van der Waals surface area contributed by atoms with Crippen LogP contribution in [-0.4, -0.2) is 24.6 Å². The smallest absolute Gasteiger partial charge is 0.359 e. The summed E-state index contributed by atoms with van der Waals surface area (Å²) in [4.78, 5) is 13.9. The zero-order chi connectivity index (χ0) is 6.41. The van der Waals surface area contributed by atoms with Crippen molar-refractivity contribution in [3.63, 3.8) is 0 Å². The molecular weight excluding hydrogens is 106 g/mol. The first kappa shape index (κ1) is 7.43. The number of rotatable bonds is 4. The highest BCUT2D eigenvalue weighted by atomic mass is 16.7. The van der Waals surface area contributed by atoms with Crippen LogP contribution in [0.1, 0.15) is 13.8 Å². The molecule has 0 aromatic rings. The third-order valence-electron chi connectivity index (χ3n) is 0.872. The summed E-state index contributed by atoms with van der Waals surface area (Å²) < 4.78 is 0. The summed E-state index contributed by atoms with van der Waals surface area (Å²) in [5.41, 5.74) is 0. The lowest BCUT2D eigenvalue weighted by Gasteiger charge is -2.11. The number of hydrogen-bond acceptors (Lipinski definition) is 3. The molecule has 3 nitrogen and oxygen atoms in total. The van der Waals surface area contributed by atoms with Gasteiger partial charge >= 0.3 is 6.47 Å². The van der Waals surface area contributed by atoms with Crippen LogP contribution in [0.5, 0.6) is 0 Å². The van der Waals surface area contributed by atoms with Gasteiger partial charge in [-0.15, -0.1) is 5.06 Å². The molecule has 0 heterocycles. The Bertz CT molecular complexity index is 61.4. The molecule has 0 aromatic heterocycles. The predicted molar refractivity (Wildman–Crippen MR) is 29.7 cm³/mol. The maximum absolute atomic E-state index is 9.54. The van der Waals surface area contributed by atoms with Crippen molar-refractivity contribution in [2.75, 3.05) is 13.1 Å². The molecule has 0 saturated heterocycles. The fraction of sp³-hybridized carbons (Fsp3) is 0.800. The number of hydrogen-bond donors (Lipinski definition) is 0. The van der Waals surface area contributed by atoms with Crippen molar-refractivity contribution in [3.8, 4) is 0 Å². The Morgan fingerprint density at radius 1 is 1.50 bits per heavy atom. The van der Waals surface area contributed by atoms with Crippen molar-refractivity contribution >= 4 is 6.47 Å². The van der Waals surface area contributed by atoms with Crippen molar-refractivity contribution in [1.29, 1.82) is 0 Å². The molecule has 0 rings (SSSR count). The number of carbonyl (C=O) groups excluding carboxylic acids is 1. The maximum atomic E-state index is 9.54. The molecule has 47 valence electrons. The van der Waals surface area contributed by atoms with Gasteiger partial charge in [-0.3, -0.25) is 0 Å². The minimum absolute atomic E-state index is 0.714. The number of nitrogens with zero attached hydrogens (tertiary/aromatic N) is 1. The molecule has 0 amide bonds. The lowest BCUT2D eigenvalue weighted by atomic mass is 10.6. The first-order chi connectivity index (χ1) is 3.85. The first-order valence-electron chi connectivity index (χ1n) is 2.64. The van der Waals surface area contributed by atoms with Gasteiger partial charge in [0.2, 0.25) is 0 Å². The van der Waals surface area contributed by atoms with Gasteiger partial charge in [0.15, 0.2) is 0 Å². The van der Waals surface area contributed by atoms with Crippen LogP contribution in [0.15, 0.2) is 0 Å². The van der Waals surface area contributed by atoms with Crippen LogP contribution in [0.4, 0.5) is 0 Å². The molecule has 1 radical (unpaired) electrons. The SMILES string of the molecule is CCN(CC)O[C]=O. The van der Waals surface area contributed by atoms with Gasteiger partial charge in [0.25, 0.3) is 0 Å². The van der Waals surface area contributed by atoms with E-state index in [2.05, 4.69) is 4.84 Å². The topological polar surface area (TPSA) is 29.5 Å². The molecule has 0 aliphatic rings. The molecule has 0 bridgehead atoms. The Kier molecular flexibility index (Phi) is 4.26. The quantitative estimate of drug-likeness (QED) is 0.495. The maximum Gasteiger partial charge on any atom is 0.438 e. The van der Waals surface area contributed by atoms with Gasteiger partial charge in [0, 0.05) is 13.1 Å². The molecule has 0 N–H and O–H groups in total. The summed E-state index contributed by atoms with van der Waals surface area (Å²) in [5.74, 6) is 0. The van der Waals surface area contributed by atoms with E-state index in [1.807, 2.05) is 13.8 Å². The summed E-state index contributed by atoms with van der Waals surface area (Å²) in [6.45, 7) is 6.58. The van der Waals surface area contributed by atoms with E-state index in [0.717, 1.165) is 0 Å². The van der Waals surface area contributed by atoms with Crippen LogP contribution in [-0.2, 0) is 9.63 Å². The van der Waals surface area contributed by atoms with E-state index in [0.29, 0.717) is 13.1 Å². The molecule has 3 heteroatoms. The largest absolute Gasteiger partial charge is 0.438 e. The van der Waals surface area contributed by atoms with Crippen molar-refractivity contribution < 1.29 is 9.63 Å². The van der Waals surface area contributed by atoms with Gasteiger partial charge in [-0.1, -0.05) is 0 Å². The van der Waals surface area contributed by atoms with Crippen LogP contribution in [0.25, 0.3) is 0 Å². The Labute approximate surface area is 49.2 Å². The molecule has 0 atom stereocenters. The molecule has 0 unspecified atom stereocenters. The third kappa shape index (κ3) is 2.58. The molecule has 0 aromatic carbocycles. The van der Waals surface area contributed by atoms with Gasteiger partial charge < -0.3 is 4.84 Å². The Morgan fingerprint density at radius 3 is 2.12 bits per heavy atom. The standard InChI is InChI=1S/C5H10NO2/c1-3-6(4-2)8-5-7/h3-4H2,1-2H3. The van der Waals surface area contributed by atoms with E-state index < -0.39 is 0 Å². The van der Waals surface area contributed by atoms with E-state index in [9.17, 15) is 4.79 Å². The summed E-state index contributed by atoms with van der Waals surface area (Å²) in [6.07, 6.45) is 0. The lowest BCUT2D eigenvalue weighted by Crippen LogP contribution is -2.22. The Hall–Kier alpha value is -0.570. The van der Waals surface area contributed by atoms with Crippen LogP contribution in [0, 0.1) is 0 Å². The lowest BCUT2D eigenvalue weighted by molar-refractivity contribution is -0.0652. The van der Waals surface area contributed by atoms with Crippen LogP contribution < -0.4 is 0 Å². The average molecular weight is 116 g/mol. The summed E-state index contributed by atoms with van der Waals surface area (Å²) in [5, 5.41) is 1.51. The zero-order valence-corrected chi connectivity index (χ0v) is 5.18. The molecule has 0 fully saturated rings. The highest BCUT2D eigenvalue weighted by Gasteiger charge is 1.94. The van der Waals surface area contributed by atoms with E-state index >= 15 is 0 Å². The van der Waals surface area contributed by atoms with E-state index in [1.54, 1.807) is 0 Å². The predicted octanol–water partition coefficient (Wildman–Crippen LogP) is 0.327. The summed E-state index contributed by atoms with van der Waals surface area (Å²) >= 11 is 0. The highest BCUT2D eigenvalue weighted by molar-refractivity contribution is 5.37. The van der Waals surface area contributed by atoms with Gasteiger partial charge in [-0.2, -0.15) is 0 Å². The van der Waals surface area contributed by atoms with Crippen LogP contribution in [0.2, 0.25) is 0 Å². The number of hydroxylamine groups is 2. The van der Waals surface area contributed by atoms with Gasteiger partial charge in [0.1, 0.15) is 0 Å². The van der Waals surface area contributed by atoms with Crippen LogP contribution >= 0.6 is 0 Å². The fourth-order valence-electron chi connectivity index (χ4n) is 0.405. The van der Waals surface area contributed by atoms with Crippen molar-refractivity contribution in [2.45, 2.75) is 13.8 Å². The second-order valence-corrected chi connectivity index (χ2v) is 1.29. The minimum Gasteiger partial charge on any atom is -0.359 e. The Morgan fingerprint density at radius 2 is 2.00 bits per heavy atom. The van der Waals surface area contributed by atoms with Gasteiger partial charge in [-0.05, 0) is 13.8 Å². The molecule has 8 heavy (non-hydrogen) atoms. The molecule has 0 saturated carbocycles. The summed E-state index contributed by atoms with van der Waals surface area (Å²) in [6, 6.07) is 0. The minimum atomic E-state index is 0.714. The molecule has 0 aliphatic carbocycles. The van der Waals surface area contributed by atoms with Gasteiger partial charge in [-0.25, -0.2) is 4.79 Å². The molecule has 0 spiro atoms. The average Bonchev–Trinajstić information content (AvgIpc) is 1.83. The summed E-state index contributed by atoms with van der Waals surface area (Å²) in [7, 11) is 0. The third-order valence-corrected chi connectivity index (χ3v) is 0.872. The monoisotopic (exact) mass is 116 g/mol. The normalized spacial score (nSPS) is 9.38. The van der Waals surface area contributed by atoms with Crippen molar-refractivity contribution in [3.05, 3.63) is 0 Å². The molecule has 0 aliphatic heterocycles. The van der Waals surface area contributed by atoms with Gasteiger partial charge in [0.05, 0.1) is 0 Å². The second-order valence-electron chi connectivity index (χ2n) is 1.29. The Balaban J connectivity index is 3.20. The fourth-order valence-corrected chi connectivity index (χ4v) is 0.405. The second kappa shape index (κ2) is 4.59. The molecular formula is C5H10NO2. The van der Waals surface area contributed by atoms with Crippen LogP contribution in [0.3, 0.4) is 0 Å². The highest BCUT2D eigenvalue weighted by Crippen LogP contribution is 1.83. The van der Waals surface area contributed by atoms with Crippen molar-refractivity contribution in [1.82, 2.24) is 5.06 Å².